The lowest BCUT2D eigenvalue weighted by atomic mass is 10.2. The van der Waals surface area contributed by atoms with Crippen LogP contribution in [0.25, 0.3) is 0 Å². The number of hydrogen-bond donors (Lipinski definition) is 0. The zero-order valence-corrected chi connectivity index (χ0v) is 35.7. The smallest absolute Gasteiger partial charge is 0.244 e. The lowest BCUT2D eigenvalue weighted by Gasteiger charge is -2.57. The van der Waals surface area contributed by atoms with Crippen LogP contribution >= 0.6 is 0 Å². The van der Waals surface area contributed by atoms with Crippen molar-refractivity contribution in [3.63, 3.8) is 0 Å². The first kappa shape index (κ1) is 40.7. The maximum atomic E-state index is 7.56. The summed E-state index contributed by atoms with van der Waals surface area (Å²) in [5, 5.41) is -1.12. The van der Waals surface area contributed by atoms with Crippen LogP contribution < -0.4 is 0 Å². The van der Waals surface area contributed by atoms with Gasteiger partial charge in [0.05, 0.1) is 23.7 Å². The predicted molar refractivity (Wildman–Crippen MR) is 192 cm³/mol. The monoisotopic (exact) mass is 648 g/mol. The van der Waals surface area contributed by atoms with E-state index in [1.54, 1.807) is 0 Å². The molecule has 3 unspecified atom stereocenters. The highest BCUT2D eigenvalue weighted by Crippen LogP contribution is 2.46. The molecule has 0 aromatic carbocycles. The van der Waals surface area contributed by atoms with Crippen LogP contribution in [0.5, 0.6) is 0 Å². The third kappa shape index (κ3) is 8.22. The van der Waals surface area contributed by atoms with E-state index in [2.05, 4.69) is 140 Å². The summed E-state index contributed by atoms with van der Waals surface area (Å²) in [6.07, 6.45) is 4.84. The van der Waals surface area contributed by atoms with E-state index in [1.165, 1.54) is 0 Å². The molecule has 0 aliphatic carbocycles. The first-order valence-electron chi connectivity index (χ1n) is 16.2. The first-order chi connectivity index (χ1) is 17.8. The minimum Gasteiger partial charge on any atom is -0.412 e. The average molecular weight is 649 g/mol. The molecule has 40 heavy (non-hydrogen) atoms. The van der Waals surface area contributed by atoms with Crippen LogP contribution in [0.3, 0.4) is 0 Å². The van der Waals surface area contributed by atoms with E-state index in [9.17, 15) is 0 Å². The maximum absolute atomic E-state index is 7.56. The molecule has 0 amide bonds. The molecule has 0 saturated heterocycles. The Hall–Kier alpha value is 0.664. The molecule has 0 fully saturated rings. The van der Waals surface area contributed by atoms with Gasteiger partial charge >= 0.3 is 0 Å². The Kier molecular flexibility index (Phi) is 14.0. The molecule has 0 aliphatic rings. The van der Waals surface area contributed by atoms with Gasteiger partial charge in [-0.1, -0.05) is 66.9 Å². The SMILES string of the molecule is C=C[Si](C)(OC(C)(C)[Si](C)(CC)OC(CC)(CC)[Si](C)(C)C)C(CC)(CC)O[Si](C)(C)C(C)(CC)O[Si](C)(C)C. The van der Waals surface area contributed by atoms with Crippen molar-refractivity contribution < 1.29 is 17.7 Å². The van der Waals surface area contributed by atoms with Crippen LogP contribution in [0.15, 0.2) is 12.3 Å². The van der Waals surface area contributed by atoms with Gasteiger partial charge in [0.25, 0.3) is 0 Å². The Labute approximate surface area is 257 Å². The van der Waals surface area contributed by atoms with Crippen molar-refractivity contribution in [1.82, 2.24) is 0 Å². The first-order valence-corrected chi connectivity index (χ1v) is 31.1. The minimum absolute atomic E-state index is 0.0497. The molecule has 0 aromatic heterocycles. The van der Waals surface area contributed by atoms with Crippen LogP contribution in [-0.2, 0) is 17.7 Å². The van der Waals surface area contributed by atoms with E-state index >= 15 is 0 Å². The number of rotatable bonds is 19. The molecule has 0 bridgehead atoms. The lowest BCUT2D eigenvalue weighted by molar-refractivity contribution is 0.0303. The van der Waals surface area contributed by atoms with Gasteiger partial charge in [-0.25, -0.2) is 0 Å². The van der Waals surface area contributed by atoms with E-state index in [0.717, 1.165) is 38.1 Å². The summed E-state index contributed by atoms with van der Waals surface area (Å²) in [7, 11) is -10.8. The summed E-state index contributed by atoms with van der Waals surface area (Å²) in [4.78, 5) is 0. The fourth-order valence-electron chi connectivity index (χ4n) is 6.71. The zero-order chi connectivity index (χ0) is 32.3. The van der Waals surface area contributed by atoms with Gasteiger partial charge in [0, 0.05) is 5.22 Å². The summed E-state index contributed by atoms with van der Waals surface area (Å²) in [5.74, 6) is 0. The average Bonchev–Trinajstić information content (AvgIpc) is 2.83. The van der Waals surface area contributed by atoms with Crippen LogP contribution in [0.2, 0.25) is 71.5 Å². The second-order valence-corrected chi connectivity index (χ2v) is 38.1. The van der Waals surface area contributed by atoms with E-state index in [0.29, 0.717) is 0 Å². The predicted octanol–water partition coefficient (Wildman–Crippen LogP) is 10.5. The molecular formula is C31H72O4Si5. The summed E-state index contributed by atoms with van der Waals surface area (Å²) >= 11 is 0. The molecule has 0 rings (SSSR count). The van der Waals surface area contributed by atoms with Crippen LogP contribution in [0, 0.1) is 0 Å². The third-order valence-corrected chi connectivity index (χ3v) is 29.2. The minimum atomic E-state index is -2.67. The molecule has 0 heterocycles. The molecule has 0 radical (unpaired) electrons. The van der Waals surface area contributed by atoms with Gasteiger partial charge in [0.15, 0.2) is 8.32 Å². The Morgan fingerprint density at radius 2 is 1.00 bits per heavy atom. The quantitative estimate of drug-likeness (QED) is 0.131. The highest BCUT2D eigenvalue weighted by atomic mass is 28.4. The summed E-state index contributed by atoms with van der Waals surface area (Å²) in [6.45, 7) is 48.8. The van der Waals surface area contributed by atoms with Gasteiger partial charge in [-0.2, -0.15) is 0 Å². The van der Waals surface area contributed by atoms with Crippen LogP contribution in [-0.4, -0.2) is 62.2 Å². The normalized spacial score (nSPS) is 19.1. The molecule has 240 valence electrons. The zero-order valence-electron chi connectivity index (χ0n) is 30.7. The van der Waals surface area contributed by atoms with Gasteiger partial charge in [-0.15, -0.1) is 6.58 Å². The molecule has 3 atom stereocenters. The van der Waals surface area contributed by atoms with Crippen molar-refractivity contribution in [1.29, 1.82) is 0 Å². The van der Waals surface area contributed by atoms with Gasteiger partial charge in [-0.05, 0) is 105 Å². The summed E-state index contributed by atoms with van der Waals surface area (Å²) in [6, 6.07) is 1.01. The van der Waals surface area contributed by atoms with Gasteiger partial charge in [-0.3, -0.25) is 0 Å². The van der Waals surface area contributed by atoms with E-state index in [4.69, 9.17) is 17.7 Å². The topological polar surface area (TPSA) is 36.9 Å². The standard InChI is InChI=1S/C31H72O4Si5/c1-21-29(10,33-37(14,15)16)38(17,18)34-31(24-4,25-5)40(20,27-7)32-28(8,9)39(19,26-6)35-30(22-2,23-3)36(11,12)13/h27H,7,21-26H2,1-6,8-20H3. The molecular weight excluding hydrogens is 577 g/mol. The van der Waals surface area contributed by atoms with Crippen molar-refractivity contribution in [2.75, 3.05) is 0 Å². The van der Waals surface area contributed by atoms with Crippen molar-refractivity contribution in [3.05, 3.63) is 12.3 Å². The molecule has 0 saturated carbocycles. The molecule has 0 N–H and O–H groups in total. The van der Waals surface area contributed by atoms with Gasteiger partial charge in [0.2, 0.25) is 25.0 Å². The van der Waals surface area contributed by atoms with Crippen LogP contribution in [0.4, 0.5) is 0 Å². The molecule has 0 aromatic rings. The Bertz CT molecular complexity index is 812. The van der Waals surface area contributed by atoms with Crippen molar-refractivity contribution in [2.24, 2.45) is 0 Å². The van der Waals surface area contributed by atoms with E-state index in [-0.39, 0.29) is 10.4 Å². The molecule has 9 heteroatoms. The van der Waals surface area contributed by atoms with Crippen molar-refractivity contribution in [2.45, 2.75) is 187 Å². The highest BCUT2D eigenvalue weighted by Gasteiger charge is 2.61. The second-order valence-electron chi connectivity index (χ2n) is 15.7. The maximum Gasteiger partial charge on any atom is 0.244 e. The highest BCUT2D eigenvalue weighted by molar-refractivity contribution is 6.85. The summed E-state index contributed by atoms with van der Waals surface area (Å²) < 4.78 is 29.5. The van der Waals surface area contributed by atoms with E-state index in [1.807, 2.05) is 0 Å². The van der Waals surface area contributed by atoms with Gasteiger partial charge < -0.3 is 17.7 Å². The number of hydrogen-bond acceptors (Lipinski definition) is 4. The van der Waals surface area contributed by atoms with E-state index < -0.39 is 51.8 Å². The Balaban J connectivity index is 6.88. The third-order valence-electron chi connectivity index (χ3n) is 10.7. The summed E-state index contributed by atoms with van der Waals surface area (Å²) in [5.41, 5.74) is 2.16. The Morgan fingerprint density at radius 1 is 0.575 bits per heavy atom. The fraction of sp³-hybridized carbons (Fsp3) is 0.935. The second kappa shape index (κ2) is 13.8. The van der Waals surface area contributed by atoms with Crippen molar-refractivity contribution >= 4 is 41.3 Å². The molecule has 0 spiro atoms. The lowest BCUT2D eigenvalue weighted by Crippen LogP contribution is -2.72. The van der Waals surface area contributed by atoms with Crippen LogP contribution in [0.1, 0.15) is 94.4 Å². The van der Waals surface area contributed by atoms with Gasteiger partial charge in [0.1, 0.15) is 0 Å². The molecule has 4 nitrogen and oxygen atoms in total. The Morgan fingerprint density at radius 3 is 1.27 bits per heavy atom. The molecule has 0 aliphatic heterocycles. The largest absolute Gasteiger partial charge is 0.412 e. The fourth-order valence-corrected chi connectivity index (χ4v) is 25.0. The van der Waals surface area contributed by atoms with Crippen molar-refractivity contribution in [3.8, 4) is 0 Å².